The molecular weight excluding hydrogens is 383 g/mol. The van der Waals surface area contributed by atoms with Gasteiger partial charge in [-0.2, -0.15) is 0 Å². The zero-order chi connectivity index (χ0) is 18.6. The Morgan fingerprint density at radius 1 is 1.15 bits per heavy atom. The Kier molecular flexibility index (Phi) is 4.30. The molecule has 0 aliphatic heterocycles. The Bertz CT molecular complexity index is 1130. The number of aryl methyl sites for hydroxylation is 1. The van der Waals surface area contributed by atoms with Crippen molar-refractivity contribution in [1.82, 2.24) is 9.38 Å². The predicted molar refractivity (Wildman–Crippen MR) is 113 cm³/mol. The third-order valence-electron chi connectivity index (χ3n) is 4.72. The third-order valence-corrected chi connectivity index (χ3v) is 6.42. The lowest BCUT2D eigenvalue weighted by Gasteiger charge is -2.18. The molecule has 2 nitrogen and oxygen atoms in total. The van der Waals surface area contributed by atoms with Gasteiger partial charge >= 0.3 is 0 Å². The summed E-state index contributed by atoms with van der Waals surface area (Å²) in [7, 11) is 0. The minimum absolute atomic E-state index is 0.0683. The fourth-order valence-electron chi connectivity index (χ4n) is 3.51. The number of thiophene rings is 1. The first-order valence-electron chi connectivity index (χ1n) is 8.58. The molecular formula is C21H20Cl2N2S. The van der Waals surface area contributed by atoms with Crippen LogP contribution in [0.1, 0.15) is 43.3 Å². The van der Waals surface area contributed by atoms with Crippen molar-refractivity contribution in [2.24, 2.45) is 0 Å². The Hall–Kier alpha value is -1.55. The summed E-state index contributed by atoms with van der Waals surface area (Å²) in [5.41, 5.74) is 5.68. The Morgan fingerprint density at radius 3 is 2.65 bits per heavy atom. The van der Waals surface area contributed by atoms with Gasteiger partial charge in [0.25, 0.3) is 0 Å². The van der Waals surface area contributed by atoms with Crippen LogP contribution < -0.4 is 0 Å². The number of imidazole rings is 1. The molecule has 4 rings (SSSR count). The maximum atomic E-state index is 6.31. The van der Waals surface area contributed by atoms with Gasteiger partial charge in [0.1, 0.15) is 5.65 Å². The van der Waals surface area contributed by atoms with Crippen LogP contribution in [-0.2, 0) is 11.8 Å². The van der Waals surface area contributed by atoms with E-state index in [0.29, 0.717) is 10.0 Å². The molecule has 1 aromatic carbocycles. The molecule has 0 spiro atoms. The van der Waals surface area contributed by atoms with Gasteiger partial charge in [0.15, 0.2) is 0 Å². The van der Waals surface area contributed by atoms with Crippen molar-refractivity contribution in [2.75, 3.05) is 0 Å². The highest BCUT2D eigenvalue weighted by Gasteiger charge is 2.25. The Labute approximate surface area is 167 Å². The summed E-state index contributed by atoms with van der Waals surface area (Å²) in [4.78, 5) is 4.89. The lowest BCUT2D eigenvalue weighted by Crippen LogP contribution is -2.15. The number of benzene rings is 1. The van der Waals surface area contributed by atoms with Gasteiger partial charge in [0.2, 0.25) is 0 Å². The lowest BCUT2D eigenvalue weighted by molar-refractivity contribution is 0.566. The van der Waals surface area contributed by atoms with Gasteiger partial charge < -0.3 is 4.40 Å². The molecule has 0 saturated carbocycles. The first kappa shape index (κ1) is 17.8. The van der Waals surface area contributed by atoms with Gasteiger partial charge in [-0.05, 0) is 34.9 Å². The number of fused-ring (bicyclic) bond motifs is 2. The van der Waals surface area contributed by atoms with Crippen LogP contribution in [0.2, 0.25) is 10.0 Å². The summed E-state index contributed by atoms with van der Waals surface area (Å²) in [6, 6.07) is 8.33. The van der Waals surface area contributed by atoms with Crippen LogP contribution in [0, 0.1) is 6.92 Å². The molecule has 0 bridgehead atoms. The topological polar surface area (TPSA) is 17.3 Å². The van der Waals surface area contributed by atoms with Crippen molar-refractivity contribution >= 4 is 50.3 Å². The van der Waals surface area contributed by atoms with Crippen LogP contribution >= 0.6 is 34.5 Å². The highest BCUT2D eigenvalue weighted by atomic mass is 35.5. The van der Waals surface area contributed by atoms with Crippen molar-refractivity contribution < 1.29 is 0 Å². The Morgan fingerprint density at radius 2 is 1.92 bits per heavy atom. The monoisotopic (exact) mass is 402 g/mol. The molecule has 3 aromatic heterocycles. The second-order valence-electron chi connectivity index (χ2n) is 7.74. The van der Waals surface area contributed by atoms with Gasteiger partial charge in [0, 0.05) is 28.8 Å². The first-order valence-corrected chi connectivity index (χ1v) is 10.2. The van der Waals surface area contributed by atoms with E-state index in [1.54, 1.807) is 11.3 Å². The van der Waals surface area contributed by atoms with Gasteiger partial charge in [-0.15, -0.1) is 11.3 Å². The molecule has 0 unspecified atom stereocenters. The average molecular weight is 403 g/mol. The second-order valence-corrected chi connectivity index (χ2v) is 9.47. The van der Waals surface area contributed by atoms with Crippen molar-refractivity contribution in [3.05, 3.63) is 68.4 Å². The summed E-state index contributed by atoms with van der Waals surface area (Å²) in [5, 5.41) is 4.70. The van der Waals surface area contributed by atoms with Gasteiger partial charge in [-0.3, -0.25) is 0 Å². The summed E-state index contributed by atoms with van der Waals surface area (Å²) in [6.45, 7) is 8.75. The lowest BCUT2D eigenvalue weighted by atomic mass is 9.89. The highest BCUT2D eigenvalue weighted by molar-refractivity contribution is 7.17. The van der Waals surface area contributed by atoms with Gasteiger partial charge in [-0.25, -0.2) is 4.98 Å². The Balaban J connectivity index is 1.96. The largest absolute Gasteiger partial charge is 0.302 e. The molecule has 0 aliphatic carbocycles. The summed E-state index contributed by atoms with van der Waals surface area (Å²) >= 11 is 14.3. The van der Waals surface area contributed by atoms with Gasteiger partial charge in [0.05, 0.1) is 21.4 Å². The number of aromatic nitrogens is 2. The van der Waals surface area contributed by atoms with Crippen LogP contribution in [0.3, 0.4) is 0 Å². The molecule has 134 valence electrons. The second kappa shape index (κ2) is 6.26. The molecule has 0 amide bonds. The fraction of sp³-hybridized carbons (Fsp3) is 0.286. The number of nitrogens with zero attached hydrogens (tertiary/aromatic N) is 2. The van der Waals surface area contributed by atoms with E-state index in [-0.39, 0.29) is 5.41 Å². The van der Waals surface area contributed by atoms with E-state index >= 15 is 0 Å². The number of rotatable bonds is 2. The molecule has 0 atom stereocenters. The van der Waals surface area contributed by atoms with Crippen LogP contribution in [0.5, 0.6) is 0 Å². The number of pyridine rings is 1. The number of halogens is 2. The van der Waals surface area contributed by atoms with E-state index in [2.05, 4.69) is 55.7 Å². The molecule has 3 heterocycles. The summed E-state index contributed by atoms with van der Waals surface area (Å²) in [5.74, 6) is 0. The molecule has 0 fully saturated rings. The SMILES string of the molecule is Cc1cccc2scc(Cc3c(C(C)(C)C)nc4cc(Cl)c(Cl)cn34)c12. The summed E-state index contributed by atoms with van der Waals surface area (Å²) < 4.78 is 3.42. The molecule has 26 heavy (non-hydrogen) atoms. The number of hydrogen-bond acceptors (Lipinski definition) is 2. The molecule has 0 saturated heterocycles. The standard InChI is InChI=1S/C21H20Cl2N2S/c1-12-6-5-7-17-19(12)13(11-26-17)8-16-20(21(2,3)4)24-18-9-14(22)15(23)10-25(16)18/h5-7,9-11H,8H2,1-4H3. The fourth-order valence-corrected chi connectivity index (χ4v) is 4.85. The molecule has 0 aliphatic rings. The number of hydrogen-bond donors (Lipinski definition) is 0. The zero-order valence-electron chi connectivity index (χ0n) is 15.2. The molecule has 4 aromatic rings. The first-order chi connectivity index (χ1) is 12.3. The van der Waals surface area contributed by atoms with E-state index < -0.39 is 0 Å². The maximum Gasteiger partial charge on any atom is 0.138 e. The predicted octanol–water partition coefficient (Wildman–Crippen LogP) is 7.05. The van der Waals surface area contributed by atoms with E-state index in [0.717, 1.165) is 17.8 Å². The van der Waals surface area contributed by atoms with Crippen LogP contribution in [0.4, 0.5) is 0 Å². The highest BCUT2D eigenvalue weighted by Crippen LogP contribution is 2.35. The van der Waals surface area contributed by atoms with E-state index in [1.807, 2.05) is 12.3 Å². The van der Waals surface area contributed by atoms with E-state index in [1.165, 1.54) is 26.9 Å². The quantitative estimate of drug-likeness (QED) is 0.350. The van der Waals surface area contributed by atoms with E-state index in [4.69, 9.17) is 28.2 Å². The smallest absolute Gasteiger partial charge is 0.138 e. The molecule has 0 radical (unpaired) electrons. The normalized spacial score (nSPS) is 12.4. The van der Waals surface area contributed by atoms with Crippen molar-refractivity contribution in [2.45, 2.75) is 39.5 Å². The summed E-state index contributed by atoms with van der Waals surface area (Å²) in [6.07, 6.45) is 2.70. The van der Waals surface area contributed by atoms with Crippen molar-refractivity contribution in [1.29, 1.82) is 0 Å². The van der Waals surface area contributed by atoms with Crippen LogP contribution in [-0.4, -0.2) is 9.38 Å². The van der Waals surface area contributed by atoms with Crippen LogP contribution in [0.15, 0.2) is 35.8 Å². The van der Waals surface area contributed by atoms with Crippen molar-refractivity contribution in [3.63, 3.8) is 0 Å². The zero-order valence-corrected chi connectivity index (χ0v) is 17.6. The van der Waals surface area contributed by atoms with Crippen LogP contribution in [0.25, 0.3) is 15.7 Å². The minimum atomic E-state index is -0.0683. The third kappa shape index (κ3) is 2.92. The maximum absolute atomic E-state index is 6.31. The minimum Gasteiger partial charge on any atom is -0.302 e. The van der Waals surface area contributed by atoms with Gasteiger partial charge in [-0.1, -0.05) is 56.1 Å². The van der Waals surface area contributed by atoms with Crippen molar-refractivity contribution in [3.8, 4) is 0 Å². The van der Waals surface area contributed by atoms with E-state index in [9.17, 15) is 0 Å². The molecule has 0 N–H and O–H groups in total. The molecule has 5 heteroatoms. The average Bonchev–Trinajstić information content (AvgIpc) is 3.12.